The van der Waals surface area contributed by atoms with Gasteiger partial charge in [0, 0.05) is 5.57 Å². The minimum Gasteiger partial charge on any atom is -0.177 e. The van der Waals surface area contributed by atoms with Gasteiger partial charge >= 0.3 is 0 Å². The maximum Gasteiger partial charge on any atom is 0.200 e. The van der Waals surface area contributed by atoms with Crippen LogP contribution in [0.4, 0.5) is 0 Å². The predicted molar refractivity (Wildman–Crippen MR) is 49.7 cm³/mol. The van der Waals surface area contributed by atoms with Crippen LogP contribution in [-0.4, -0.2) is 20.6 Å². The van der Waals surface area contributed by atoms with Gasteiger partial charge in [-0.05, 0) is 17.6 Å². The molecule has 1 aliphatic rings. The zero-order chi connectivity index (χ0) is 9.26. The molecular weight excluding hydrogens is 164 g/mol. The van der Waals surface area contributed by atoms with Crippen molar-refractivity contribution in [2.24, 2.45) is 5.92 Å². The Bertz CT molecular complexity index is 346. The lowest BCUT2D eigenvalue weighted by molar-refractivity contribution is 0.754. The molecule has 0 fully saturated rings. The molecule has 1 aliphatic carbocycles. The van der Waals surface area contributed by atoms with Crippen LogP contribution in [0.5, 0.6) is 0 Å². The normalized spacial score (nSPS) is 16.2. The number of hydrogen-bond acceptors (Lipinski definition) is 3. The summed E-state index contributed by atoms with van der Waals surface area (Å²) in [5, 5.41) is 13.9. The van der Waals surface area contributed by atoms with E-state index >= 15 is 0 Å². The number of hydrogen-bond donors (Lipinski definition) is 1. The summed E-state index contributed by atoms with van der Waals surface area (Å²) in [6.45, 7) is 4.39. The van der Waals surface area contributed by atoms with E-state index in [-0.39, 0.29) is 0 Å². The average molecular weight is 176 g/mol. The molecule has 1 heterocycles. The van der Waals surface area contributed by atoms with Crippen LogP contribution in [0.25, 0.3) is 5.57 Å². The van der Waals surface area contributed by atoms with E-state index in [2.05, 4.69) is 46.6 Å². The predicted octanol–water partition coefficient (Wildman–Crippen LogP) is 1.57. The van der Waals surface area contributed by atoms with Gasteiger partial charge in [0.05, 0.1) is 0 Å². The number of aromatic amines is 1. The second-order valence-corrected chi connectivity index (χ2v) is 3.50. The molecule has 0 radical (unpaired) electrons. The van der Waals surface area contributed by atoms with Crippen LogP contribution in [0, 0.1) is 5.92 Å². The van der Waals surface area contributed by atoms with Crippen LogP contribution in [-0.2, 0) is 0 Å². The van der Waals surface area contributed by atoms with Crippen molar-refractivity contribution in [3.8, 4) is 0 Å². The zero-order valence-electron chi connectivity index (χ0n) is 7.78. The number of nitrogens with one attached hydrogen (secondary N) is 1. The number of allylic oxidation sites excluding steroid dienone is 4. The fourth-order valence-electron chi connectivity index (χ4n) is 1.39. The van der Waals surface area contributed by atoms with Gasteiger partial charge in [0.2, 0.25) is 5.82 Å². The largest absolute Gasteiger partial charge is 0.200 e. The molecule has 0 saturated heterocycles. The van der Waals surface area contributed by atoms with Crippen LogP contribution in [0.2, 0.25) is 0 Å². The van der Waals surface area contributed by atoms with E-state index in [0.29, 0.717) is 11.7 Å². The van der Waals surface area contributed by atoms with Gasteiger partial charge in [0.15, 0.2) is 0 Å². The lowest BCUT2D eigenvalue weighted by Crippen LogP contribution is -1.93. The molecule has 2 rings (SSSR count). The zero-order valence-corrected chi connectivity index (χ0v) is 7.78. The third-order valence-electron chi connectivity index (χ3n) is 2.27. The highest BCUT2D eigenvalue weighted by atomic mass is 15.5. The summed E-state index contributed by atoms with van der Waals surface area (Å²) in [5.74, 6) is 1.31. The highest BCUT2D eigenvalue weighted by molar-refractivity contribution is 5.67. The number of H-pyrrole nitrogens is 1. The molecule has 13 heavy (non-hydrogen) atoms. The molecule has 4 nitrogen and oxygen atoms in total. The standard InChI is InChI=1S/C9H12N4/c1-6(2)7-3-4-8(5-7)9-10-12-13-11-9/h3-4,6H,5H2,1-2H3,(H,10,11,12,13). The Kier molecular flexibility index (Phi) is 1.96. The van der Waals surface area contributed by atoms with Crippen molar-refractivity contribution in [2.75, 3.05) is 0 Å². The molecule has 1 aromatic heterocycles. The summed E-state index contributed by atoms with van der Waals surface area (Å²) in [6, 6.07) is 0. The summed E-state index contributed by atoms with van der Waals surface area (Å²) >= 11 is 0. The molecule has 0 bridgehead atoms. The molecular formula is C9H12N4. The van der Waals surface area contributed by atoms with Gasteiger partial charge < -0.3 is 0 Å². The Morgan fingerprint density at radius 1 is 1.38 bits per heavy atom. The first-order chi connectivity index (χ1) is 6.27. The van der Waals surface area contributed by atoms with Crippen molar-refractivity contribution in [3.05, 3.63) is 23.5 Å². The van der Waals surface area contributed by atoms with Crippen molar-refractivity contribution >= 4 is 5.57 Å². The van der Waals surface area contributed by atoms with Gasteiger partial charge in [-0.1, -0.05) is 31.6 Å². The van der Waals surface area contributed by atoms with Crippen LogP contribution < -0.4 is 0 Å². The molecule has 1 aromatic rings. The number of aromatic nitrogens is 4. The second-order valence-electron chi connectivity index (χ2n) is 3.50. The summed E-state index contributed by atoms with van der Waals surface area (Å²) in [6.07, 6.45) is 5.17. The Labute approximate surface area is 76.7 Å². The number of nitrogens with zero attached hydrogens (tertiary/aromatic N) is 3. The topological polar surface area (TPSA) is 54.5 Å². The molecule has 4 heteroatoms. The minimum absolute atomic E-state index is 0.598. The fraction of sp³-hybridized carbons (Fsp3) is 0.444. The van der Waals surface area contributed by atoms with E-state index < -0.39 is 0 Å². The molecule has 0 unspecified atom stereocenters. The van der Waals surface area contributed by atoms with Crippen molar-refractivity contribution < 1.29 is 0 Å². The summed E-state index contributed by atoms with van der Waals surface area (Å²) < 4.78 is 0. The fourth-order valence-corrected chi connectivity index (χ4v) is 1.39. The van der Waals surface area contributed by atoms with Crippen molar-refractivity contribution in [1.82, 2.24) is 20.6 Å². The Hall–Kier alpha value is -1.45. The van der Waals surface area contributed by atoms with Gasteiger partial charge in [-0.2, -0.15) is 5.21 Å². The molecule has 0 saturated carbocycles. The van der Waals surface area contributed by atoms with Crippen LogP contribution in [0.15, 0.2) is 17.7 Å². The van der Waals surface area contributed by atoms with E-state index in [1.54, 1.807) is 0 Å². The minimum atomic E-state index is 0.598. The molecule has 0 aromatic carbocycles. The Balaban J connectivity index is 2.11. The van der Waals surface area contributed by atoms with E-state index in [9.17, 15) is 0 Å². The first kappa shape index (κ1) is 8.16. The van der Waals surface area contributed by atoms with Crippen LogP contribution in [0.1, 0.15) is 26.1 Å². The maximum atomic E-state index is 3.94. The van der Waals surface area contributed by atoms with E-state index in [1.807, 2.05) is 0 Å². The summed E-state index contributed by atoms with van der Waals surface area (Å²) in [4.78, 5) is 0. The maximum absolute atomic E-state index is 3.94. The third-order valence-corrected chi connectivity index (χ3v) is 2.27. The SMILES string of the molecule is CC(C)C1=CC=C(c2nn[nH]n2)C1. The Morgan fingerprint density at radius 3 is 2.77 bits per heavy atom. The first-order valence-corrected chi connectivity index (χ1v) is 4.41. The van der Waals surface area contributed by atoms with Gasteiger partial charge in [-0.3, -0.25) is 0 Å². The van der Waals surface area contributed by atoms with E-state index in [0.717, 1.165) is 12.0 Å². The lowest BCUT2D eigenvalue weighted by Gasteiger charge is -2.05. The van der Waals surface area contributed by atoms with Gasteiger partial charge in [0.1, 0.15) is 0 Å². The third kappa shape index (κ3) is 1.52. The monoisotopic (exact) mass is 176 g/mol. The van der Waals surface area contributed by atoms with Crippen molar-refractivity contribution in [1.29, 1.82) is 0 Å². The lowest BCUT2D eigenvalue weighted by atomic mass is 10.0. The first-order valence-electron chi connectivity index (χ1n) is 4.41. The van der Waals surface area contributed by atoms with E-state index in [1.165, 1.54) is 5.57 Å². The molecule has 0 aliphatic heterocycles. The molecule has 0 amide bonds. The highest BCUT2D eigenvalue weighted by Gasteiger charge is 2.15. The number of tetrazole rings is 1. The number of rotatable bonds is 2. The molecule has 0 spiro atoms. The van der Waals surface area contributed by atoms with Crippen molar-refractivity contribution in [2.45, 2.75) is 20.3 Å². The van der Waals surface area contributed by atoms with Crippen LogP contribution >= 0.6 is 0 Å². The van der Waals surface area contributed by atoms with E-state index in [4.69, 9.17) is 0 Å². The second kappa shape index (κ2) is 3.12. The molecule has 1 N–H and O–H groups in total. The van der Waals surface area contributed by atoms with Gasteiger partial charge in [0.25, 0.3) is 0 Å². The van der Waals surface area contributed by atoms with Crippen LogP contribution in [0.3, 0.4) is 0 Å². The van der Waals surface area contributed by atoms with Crippen molar-refractivity contribution in [3.63, 3.8) is 0 Å². The average Bonchev–Trinajstić information content (AvgIpc) is 2.75. The molecule has 68 valence electrons. The quantitative estimate of drug-likeness (QED) is 0.744. The van der Waals surface area contributed by atoms with Gasteiger partial charge in [-0.15, -0.1) is 10.2 Å². The van der Waals surface area contributed by atoms with Gasteiger partial charge in [-0.25, -0.2) is 0 Å². The summed E-state index contributed by atoms with van der Waals surface area (Å²) in [5.41, 5.74) is 2.58. The summed E-state index contributed by atoms with van der Waals surface area (Å²) in [7, 11) is 0. The molecule has 0 atom stereocenters. The Morgan fingerprint density at radius 2 is 2.23 bits per heavy atom. The highest BCUT2D eigenvalue weighted by Crippen LogP contribution is 2.29. The smallest absolute Gasteiger partial charge is 0.177 e.